The third-order valence-electron chi connectivity index (χ3n) is 2.88. The minimum atomic E-state index is -0.348. The van der Waals surface area contributed by atoms with Gasteiger partial charge in [-0.05, 0) is 25.7 Å². The molecule has 0 aromatic rings. The second-order valence-corrected chi connectivity index (χ2v) is 3.69. The van der Waals surface area contributed by atoms with Crippen LogP contribution < -0.4 is 5.32 Å². The molecule has 74 valence electrons. The number of rotatable bonds is 1. The first kappa shape index (κ1) is 8.81. The Hall–Kier alpha value is -0.770. The van der Waals surface area contributed by atoms with Crippen molar-refractivity contribution in [1.29, 1.82) is 0 Å². The average Bonchev–Trinajstić information content (AvgIpc) is 2.54. The van der Waals surface area contributed by atoms with Crippen LogP contribution in [0.5, 0.6) is 0 Å². The van der Waals surface area contributed by atoms with Crippen LogP contribution in [0.1, 0.15) is 25.7 Å². The predicted octanol–water partition coefficient (Wildman–Crippen LogP) is 1.05. The normalized spacial score (nSPS) is 37.2. The molecule has 13 heavy (non-hydrogen) atoms. The van der Waals surface area contributed by atoms with E-state index in [-0.39, 0.29) is 18.2 Å². The lowest BCUT2D eigenvalue weighted by atomic mass is 10.0. The molecule has 2 heterocycles. The molecule has 0 radical (unpaired) electrons. The maximum absolute atomic E-state index is 11.0. The quantitative estimate of drug-likeness (QED) is 0.664. The summed E-state index contributed by atoms with van der Waals surface area (Å²) >= 11 is 0. The van der Waals surface area contributed by atoms with E-state index in [2.05, 4.69) is 10.1 Å². The Balaban J connectivity index is 1.89. The Bertz CT molecular complexity index is 207. The molecule has 2 bridgehead atoms. The van der Waals surface area contributed by atoms with Crippen LogP contribution in [-0.2, 0) is 9.47 Å². The second kappa shape index (κ2) is 3.54. The van der Waals surface area contributed by atoms with Crippen molar-refractivity contribution < 1.29 is 14.3 Å². The lowest BCUT2D eigenvalue weighted by molar-refractivity contribution is -0.0156. The van der Waals surface area contributed by atoms with Gasteiger partial charge in [0.2, 0.25) is 0 Å². The molecule has 1 amide bonds. The van der Waals surface area contributed by atoms with Crippen LogP contribution in [0.4, 0.5) is 4.79 Å². The summed E-state index contributed by atoms with van der Waals surface area (Å²) in [6.45, 7) is 0. The van der Waals surface area contributed by atoms with E-state index in [0.717, 1.165) is 25.7 Å². The van der Waals surface area contributed by atoms with Gasteiger partial charge >= 0.3 is 6.09 Å². The van der Waals surface area contributed by atoms with Gasteiger partial charge in [-0.2, -0.15) is 0 Å². The monoisotopic (exact) mass is 185 g/mol. The first-order valence-corrected chi connectivity index (χ1v) is 4.79. The van der Waals surface area contributed by atoms with E-state index in [1.165, 1.54) is 7.11 Å². The van der Waals surface area contributed by atoms with E-state index < -0.39 is 0 Å². The Morgan fingerprint density at radius 2 is 2.15 bits per heavy atom. The molecule has 4 heteroatoms. The summed E-state index contributed by atoms with van der Waals surface area (Å²) in [7, 11) is 1.39. The summed E-state index contributed by atoms with van der Waals surface area (Å²) in [5.41, 5.74) is 0. The van der Waals surface area contributed by atoms with Crippen molar-refractivity contribution in [2.75, 3.05) is 7.11 Å². The third-order valence-corrected chi connectivity index (χ3v) is 2.88. The Labute approximate surface area is 77.6 Å². The SMILES string of the molecule is COC(=O)NC1CCC2CCC1O2. The Morgan fingerprint density at radius 1 is 1.38 bits per heavy atom. The van der Waals surface area contributed by atoms with Crippen LogP contribution in [0.2, 0.25) is 0 Å². The standard InChI is InChI=1S/C9H15NO3/c1-12-9(11)10-7-4-2-6-3-5-8(7)13-6/h6-8H,2-5H2,1H3,(H,10,11). The number of nitrogens with one attached hydrogen (secondary N) is 1. The van der Waals surface area contributed by atoms with Gasteiger partial charge in [0.25, 0.3) is 0 Å². The predicted molar refractivity (Wildman–Crippen MR) is 46.5 cm³/mol. The molecule has 2 aliphatic rings. The van der Waals surface area contributed by atoms with Crippen LogP contribution in [0.25, 0.3) is 0 Å². The molecule has 2 aliphatic heterocycles. The minimum absolute atomic E-state index is 0.159. The number of hydrogen-bond donors (Lipinski definition) is 1. The summed E-state index contributed by atoms with van der Waals surface area (Å²) in [4.78, 5) is 11.0. The van der Waals surface area contributed by atoms with Gasteiger partial charge in [-0.3, -0.25) is 0 Å². The molecule has 3 unspecified atom stereocenters. The lowest BCUT2D eigenvalue weighted by Gasteiger charge is -2.29. The van der Waals surface area contributed by atoms with Gasteiger partial charge in [0, 0.05) is 0 Å². The number of methoxy groups -OCH3 is 1. The molecule has 2 saturated heterocycles. The molecule has 0 aromatic carbocycles. The number of ether oxygens (including phenoxy) is 2. The summed E-state index contributed by atoms with van der Waals surface area (Å²) in [5, 5.41) is 2.81. The zero-order chi connectivity index (χ0) is 9.26. The van der Waals surface area contributed by atoms with E-state index in [1.807, 2.05) is 0 Å². The van der Waals surface area contributed by atoms with E-state index in [9.17, 15) is 4.79 Å². The van der Waals surface area contributed by atoms with Crippen LogP contribution in [-0.4, -0.2) is 31.5 Å². The van der Waals surface area contributed by atoms with Crippen LogP contribution in [0.15, 0.2) is 0 Å². The van der Waals surface area contributed by atoms with Gasteiger partial charge in [-0.25, -0.2) is 4.79 Å². The zero-order valence-corrected chi connectivity index (χ0v) is 7.79. The van der Waals surface area contributed by atoms with Crippen LogP contribution in [0.3, 0.4) is 0 Å². The molecule has 3 atom stereocenters. The summed E-state index contributed by atoms with van der Waals surface area (Å²) in [6, 6.07) is 0.159. The molecular formula is C9H15NO3. The molecule has 4 nitrogen and oxygen atoms in total. The maximum atomic E-state index is 11.0. The highest BCUT2D eigenvalue weighted by atomic mass is 16.5. The van der Waals surface area contributed by atoms with Crippen LogP contribution in [0, 0.1) is 0 Å². The fourth-order valence-corrected chi connectivity index (χ4v) is 2.17. The van der Waals surface area contributed by atoms with Gasteiger partial charge in [-0.1, -0.05) is 0 Å². The Morgan fingerprint density at radius 3 is 2.92 bits per heavy atom. The minimum Gasteiger partial charge on any atom is -0.453 e. The fraction of sp³-hybridized carbons (Fsp3) is 0.889. The number of alkyl carbamates (subject to hydrolysis) is 1. The molecule has 2 rings (SSSR count). The summed E-state index contributed by atoms with van der Waals surface area (Å²) < 4.78 is 10.2. The van der Waals surface area contributed by atoms with Gasteiger partial charge in [0.15, 0.2) is 0 Å². The zero-order valence-electron chi connectivity index (χ0n) is 7.79. The smallest absolute Gasteiger partial charge is 0.407 e. The summed E-state index contributed by atoms with van der Waals surface area (Å²) in [5.74, 6) is 0. The third kappa shape index (κ3) is 1.77. The van der Waals surface area contributed by atoms with Crippen molar-refractivity contribution in [3.05, 3.63) is 0 Å². The Kier molecular flexibility index (Phi) is 2.40. The van der Waals surface area contributed by atoms with Crippen molar-refractivity contribution in [3.63, 3.8) is 0 Å². The first-order valence-electron chi connectivity index (χ1n) is 4.79. The lowest BCUT2D eigenvalue weighted by Crippen LogP contribution is -2.45. The van der Waals surface area contributed by atoms with E-state index >= 15 is 0 Å². The molecule has 0 saturated carbocycles. The van der Waals surface area contributed by atoms with E-state index in [4.69, 9.17) is 4.74 Å². The molecule has 0 aromatic heterocycles. The molecule has 2 fully saturated rings. The van der Waals surface area contributed by atoms with Gasteiger partial charge in [-0.15, -0.1) is 0 Å². The van der Waals surface area contributed by atoms with Crippen molar-refractivity contribution in [3.8, 4) is 0 Å². The van der Waals surface area contributed by atoms with E-state index in [0.29, 0.717) is 6.10 Å². The first-order chi connectivity index (χ1) is 6.29. The number of amides is 1. The summed E-state index contributed by atoms with van der Waals surface area (Å²) in [6.07, 6.45) is 4.61. The highest BCUT2D eigenvalue weighted by molar-refractivity contribution is 5.67. The van der Waals surface area contributed by atoms with Crippen molar-refractivity contribution in [2.24, 2.45) is 0 Å². The van der Waals surface area contributed by atoms with Gasteiger partial charge in [0.1, 0.15) is 0 Å². The largest absolute Gasteiger partial charge is 0.453 e. The van der Waals surface area contributed by atoms with Crippen molar-refractivity contribution in [2.45, 2.75) is 43.9 Å². The average molecular weight is 185 g/mol. The number of hydrogen-bond acceptors (Lipinski definition) is 3. The molecule has 1 N–H and O–H groups in total. The molecule has 0 aliphatic carbocycles. The fourth-order valence-electron chi connectivity index (χ4n) is 2.17. The molecular weight excluding hydrogens is 170 g/mol. The van der Waals surface area contributed by atoms with E-state index in [1.54, 1.807) is 0 Å². The second-order valence-electron chi connectivity index (χ2n) is 3.69. The van der Waals surface area contributed by atoms with Crippen LogP contribution >= 0.6 is 0 Å². The highest BCUT2D eigenvalue weighted by Crippen LogP contribution is 2.32. The number of fused-ring (bicyclic) bond motifs is 2. The number of carbonyl (C=O) groups is 1. The van der Waals surface area contributed by atoms with Crippen molar-refractivity contribution >= 4 is 6.09 Å². The van der Waals surface area contributed by atoms with Gasteiger partial charge in [0.05, 0.1) is 25.4 Å². The van der Waals surface area contributed by atoms with Gasteiger partial charge < -0.3 is 14.8 Å². The number of carbonyl (C=O) groups excluding carboxylic acids is 1. The van der Waals surface area contributed by atoms with Crippen molar-refractivity contribution in [1.82, 2.24) is 5.32 Å². The topological polar surface area (TPSA) is 47.6 Å². The molecule has 0 spiro atoms. The maximum Gasteiger partial charge on any atom is 0.407 e. The highest BCUT2D eigenvalue weighted by Gasteiger charge is 2.37.